The van der Waals surface area contributed by atoms with Gasteiger partial charge in [0, 0.05) is 5.75 Å². The van der Waals surface area contributed by atoms with Gasteiger partial charge in [-0.3, -0.25) is 0 Å². The molecule has 0 saturated heterocycles. The minimum atomic E-state index is 0.238. The molecule has 1 aromatic carbocycles. The lowest BCUT2D eigenvalue weighted by molar-refractivity contribution is 0.344. The van der Waals surface area contributed by atoms with E-state index in [2.05, 4.69) is 18.8 Å². The molecule has 1 heterocycles. The molecule has 18 heavy (non-hydrogen) atoms. The second-order valence-corrected chi connectivity index (χ2v) is 6.31. The first-order valence-corrected chi connectivity index (χ1v) is 7.28. The molecule has 3 nitrogen and oxygen atoms in total. The zero-order valence-electron chi connectivity index (χ0n) is 11.0. The molecule has 0 unspecified atom stereocenters. The molecule has 2 N–H and O–H groups in total. The Labute approximate surface area is 112 Å². The summed E-state index contributed by atoms with van der Waals surface area (Å²) in [6.07, 6.45) is 2.27. The third-order valence-corrected chi connectivity index (χ3v) is 3.96. The van der Waals surface area contributed by atoms with Gasteiger partial charge in [-0.2, -0.15) is 0 Å². The Hall–Kier alpha value is -1.00. The zero-order valence-corrected chi connectivity index (χ0v) is 11.8. The fraction of sp³-hybridized carbons (Fsp3) is 0.500. The van der Waals surface area contributed by atoms with Crippen LogP contribution in [-0.4, -0.2) is 17.3 Å². The highest BCUT2D eigenvalue weighted by atomic mass is 32.2. The molecule has 4 heteroatoms. The number of hydrogen-bond acceptors (Lipinski definition) is 4. The summed E-state index contributed by atoms with van der Waals surface area (Å²) in [4.78, 5) is 4.44. The summed E-state index contributed by atoms with van der Waals surface area (Å²) in [6.45, 7) is 5.15. The predicted octanol–water partition coefficient (Wildman–Crippen LogP) is 3.69. The van der Waals surface area contributed by atoms with Gasteiger partial charge in [0.05, 0.1) is 0 Å². The second kappa shape index (κ2) is 5.76. The third-order valence-electron chi connectivity index (χ3n) is 3.05. The van der Waals surface area contributed by atoms with Crippen LogP contribution in [0.1, 0.15) is 26.7 Å². The summed E-state index contributed by atoms with van der Waals surface area (Å²) in [6, 6.07) is 7.86. The highest BCUT2D eigenvalue weighted by molar-refractivity contribution is 7.99. The molecule has 0 atom stereocenters. The van der Waals surface area contributed by atoms with Crippen LogP contribution in [0.5, 0.6) is 0 Å². The molecule has 0 amide bonds. The number of thioether (sulfide) groups is 1. The third kappa shape index (κ3) is 3.50. The molecule has 0 bridgehead atoms. The Balaban J connectivity index is 1.83. The van der Waals surface area contributed by atoms with Crippen LogP contribution in [0.3, 0.4) is 0 Å². The molecule has 98 valence electrons. The van der Waals surface area contributed by atoms with Crippen molar-refractivity contribution in [2.24, 2.45) is 11.1 Å². The van der Waals surface area contributed by atoms with Crippen molar-refractivity contribution in [2.75, 3.05) is 12.3 Å². The molecule has 1 aromatic heterocycles. The average Bonchev–Trinajstić information content (AvgIpc) is 2.77. The van der Waals surface area contributed by atoms with Gasteiger partial charge in [0.15, 0.2) is 5.58 Å². The number of oxazole rings is 1. The van der Waals surface area contributed by atoms with Gasteiger partial charge in [-0.15, -0.1) is 0 Å². The lowest BCUT2D eigenvalue weighted by atomic mass is 9.88. The molecular weight excluding hydrogens is 244 g/mol. The molecule has 2 aromatic rings. The molecule has 0 aliphatic rings. The molecule has 0 aliphatic heterocycles. The molecule has 2 rings (SSSR count). The Morgan fingerprint density at radius 3 is 2.83 bits per heavy atom. The molecule has 0 spiro atoms. The Kier molecular flexibility index (Phi) is 4.30. The quantitative estimate of drug-likeness (QED) is 0.638. The number of nitrogens with two attached hydrogens (primary N) is 1. The number of hydrogen-bond donors (Lipinski definition) is 1. The van der Waals surface area contributed by atoms with Gasteiger partial charge < -0.3 is 10.2 Å². The standard InChI is InChI=1S/C14H20N2OS/c1-14(2,10-15)8-5-9-18-13-16-11-6-3-4-7-12(11)17-13/h3-4,6-7H,5,8-10,15H2,1-2H3. The summed E-state index contributed by atoms with van der Waals surface area (Å²) in [5.41, 5.74) is 7.75. The van der Waals surface area contributed by atoms with Crippen molar-refractivity contribution in [1.82, 2.24) is 4.98 Å². The van der Waals surface area contributed by atoms with E-state index in [-0.39, 0.29) is 5.41 Å². The van der Waals surface area contributed by atoms with E-state index >= 15 is 0 Å². The molecule has 0 radical (unpaired) electrons. The van der Waals surface area contributed by atoms with E-state index in [9.17, 15) is 0 Å². The zero-order chi connectivity index (χ0) is 13.0. The number of nitrogens with zero attached hydrogens (tertiary/aromatic N) is 1. The smallest absolute Gasteiger partial charge is 0.256 e. The van der Waals surface area contributed by atoms with Gasteiger partial charge in [-0.1, -0.05) is 37.7 Å². The van der Waals surface area contributed by atoms with E-state index in [1.165, 1.54) is 0 Å². The number of benzene rings is 1. The topological polar surface area (TPSA) is 52.0 Å². The molecule has 0 aliphatic carbocycles. The van der Waals surface area contributed by atoms with Crippen LogP contribution in [0, 0.1) is 5.41 Å². The first kappa shape index (κ1) is 13.4. The Bertz CT molecular complexity index is 474. The first-order chi connectivity index (χ1) is 8.61. The average molecular weight is 264 g/mol. The SMILES string of the molecule is CC(C)(CN)CCCSc1nc2ccccc2o1. The van der Waals surface area contributed by atoms with Crippen molar-refractivity contribution >= 4 is 22.9 Å². The van der Waals surface area contributed by atoms with Gasteiger partial charge in [0.2, 0.25) is 0 Å². The minimum Gasteiger partial charge on any atom is -0.431 e. The maximum Gasteiger partial charge on any atom is 0.256 e. The lowest BCUT2D eigenvalue weighted by Crippen LogP contribution is -2.23. The lowest BCUT2D eigenvalue weighted by Gasteiger charge is -2.21. The fourth-order valence-electron chi connectivity index (χ4n) is 1.73. The number of aromatic nitrogens is 1. The predicted molar refractivity (Wildman–Crippen MR) is 76.8 cm³/mol. The Morgan fingerprint density at radius 1 is 1.33 bits per heavy atom. The summed E-state index contributed by atoms with van der Waals surface area (Å²) in [5, 5.41) is 0.766. The minimum absolute atomic E-state index is 0.238. The second-order valence-electron chi connectivity index (χ2n) is 5.27. The van der Waals surface area contributed by atoms with E-state index in [0.29, 0.717) is 0 Å². The van der Waals surface area contributed by atoms with Gasteiger partial charge in [-0.05, 0) is 36.9 Å². The summed E-state index contributed by atoms with van der Waals surface area (Å²) >= 11 is 1.68. The van der Waals surface area contributed by atoms with Crippen LogP contribution >= 0.6 is 11.8 Å². The summed E-state index contributed by atoms with van der Waals surface area (Å²) in [7, 11) is 0. The maximum atomic E-state index is 5.71. The number of para-hydroxylation sites is 2. The van der Waals surface area contributed by atoms with Gasteiger partial charge in [0.1, 0.15) is 5.52 Å². The van der Waals surface area contributed by atoms with Gasteiger partial charge in [-0.25, -0.2) is 4.98 Å². The van der Waals surface area contributed by atoms with E-state index in [1.807, 2.05) is 24.3 Å². The van der Waals surface area contributed by atoms with Crippen molar-refractivity contribution in [1.29, 1.82) is 0 Å². The van der Waals surface area contributed by atoms with Gasteiger partial charge in [0.25, 0.3) is 5.22 Å². The largest absolute Gasteiger partial charge is 0.431 e. The van der Waals surface area contributed by atoms with Crippen LogP contribution in [0.4, 0.5) is 0 Å². The van der Waals surface area contributed by atoms with Crippen LogP contribution < -0.4 is 5.73 Å². The summed E-state index contributed by atoms with van der Waals surface area (Å²) < 4.78 is 5.65. The van der Waals surface area contributed by atoms with E-state index in [4.69, 9.17) is 10.2 Å². The van der Waals surface area contributed by atoms with E-state index in [0.717, 1.165) is 41.5 Å². The normalized spacial score (nSPS) is 12.2. The van der Waals surface area contributed by atoms with Gasteiger partial charge >= 0.3 is 0 Å². The van der Waals surface area contributed by atoms with E-state index < -0.39 is 0 Å². The molecule has 0 saturated carbocycles. The first-order valence-electron chi connectivity index (χ1n) is 6.29. The molecule has 0 fully saturated rings. The van der Waals surface area contributed by atoms with Crippen molar-refractivity contribution < 1.29 is 4.42 Å². The highest BCUT2D eigenvalue weighted by Gasteiger charge is 2.15. The fourth-order valence-corrected chi connectivity index (χ4v) is 2.50. The van der Waals surface area contributed by atoms with Crippen LogP contribution in [0.15, 0.2) is 33.9 Å². The van der Waals surface area contributed by atoms with Crippen molar-refractivity contribution in [2.45, 2.75) is 31.9 Å². The number of rotatable bonds is 6. The van der Waals surface area contributed by atoms with E-state index in [1.54, 1.807) is 11.8 Å². The van der Waals surface area contributed by atoms with Crippen LogP contribution in [0.25, 0.3) is 11.1 Å². The summed E-state index contributed by atoms with van der Waals surface area (Å²) in [5.74, 6) is 1.02. The van der Waals surface area contributed by atoms with Crippen molar-refractivity contribution in [3.63, 3.8) is 0 Å². The maximum absolute atomic E-state index is 5.71. The molecular formula is C14H20N2OS. The Morgan fingerprint density at radius 2 is 2.11 bits per heavy atom. The number of fused-ring (bicyclic) bond motifs is 1. The van der Waals surface area contributed by atoms with Crippen molar-refractivity contribution in [3.05, 3.63) is 24.3 Å². The highest BCUT2D eigenvalue weighted by Crippen LogP contribution is 2.26. The van der Waals surface area contributed by atoms with Crippen molar-refractivity contribution in [3.8, 4) is 0 Å². The van der Waals surface area contributed by atoms with Crippen LogP contribution in [0.2, 0.25) is 0 Å². The van der Waals surface area contributed by atoms with Crippen LogP contribution in [-0.2, 0) is 0 Å². The monoisotopic (exact) mass is 264 g/mol.